The lowest BCUT2D eigenvalue weighted by atomic mass is 9.90. The maximum Gasteiger partial charge on any atom is 0.222 e. The standard InChI is InChI=1S/C29H37N3O2/c1-5-30(3)19-20-31(6-2)28(33)18-15-25-21-23-12-11-22-9-7-8-10-27(22)29(23)32(25)24-13-16-26(34-4)17-14-24/h7-10,13-14,16-17,21H,5-6,11-12,15,18-20H2,1-4H3. The van der Waals surface area contributed by atoms with Gasteiger partial charge in [-0.1, -0.05) is 31.2 Å². The highest BCUT2D eigenvalue weighted by Crippen LogP contribution is 2.38. The van der Waals surface area contributed by atoms with Crippen molar-refractivity contribution >= 4 is 5.91 Å². The lowest BCUT2D eigenvalue weighted by Gasteiger charge is -2.24. The summed E-state index contributed by atoms with van der Waals surface area (Å²) in [4.78, 5) is 17.3. The van der Waals surface area contributed by atoms with Crippen LogP contribution in [-0.2, 0) is 24.1 Å². The zero-order valence-electron chi connectivity index (χ0n) is 21.0. The fourth-order valence-corrected chi connectivity index (χ4v) is 4.86. The Morgan fingerprint density at radius 1 is 0.971 bits per heavy atom. The highest BCUT2D eigenvalue weighted by atomic mass is 16.5. The quantitative estimate of drug-likeness (QED) is 0.429. The Labute approximate surface area is 203 Å². The van der Waals surface area contributed by atoms with E-state index >= 15 is 0 Å². The Morgan fingerprint density at radius 3 is 2.41 bits per heavy atom. The van der Waals surface area contributed by atoms with Gasteiger partial charge in [-0.2, -0.15) is 0 Å². The molecule has 180 valence electrons. The second-order valence-corrected chi connectivity index (χ2v) is 9.07. The molecule has 1 aromatic heterocycles. The van der Waals surface area contributed by atoms with Crippen LogP contribution in [0.5, 0.6) is 5.75 Å². The van der Waals surface area contributed by atoms with Crippen LogP contribution in [0, 0.1) is 0 Å². The Balaban J connectivity index is 1.64. The van der Waals surface area contributed by atoms with Gasteiger partial charge in [0, 0.05) is 43.0 Å². The number of hydrogen-bond acceptors (Lipinski definition) is 3. The fraction of sp³-hybridized carbons (Fsp3) is 0.414. The predicted octanol–water partition coefficient (Wildman–Crippen LogP) is 4.98. The van der Waals surface area contributed by atoms with Crippen LogP contribution in [0.2, 0.25) is 0 Å². The smallest absolute Gasteiger partial charge is 0.222 e. The van der Waals surface area contributed by atoms with E-state index in [0.29, 0.717) is 6.42 Å². The first-order valence-electron chi connectivity index (χ1n) is 12.5. The zero-order chi connectivity index (χ0) is 24.1. The molecule has 34 heavy (non-hydrogen) atoms. The van der Waals surface area contributed by atoms with Gasteiger partial charge >= 0.3 is 0 Å². The normalized spacial score (nSPS) is 12.4. The van der Waals surface area contributed by atoms with Crippen molar-refractivity contribution in [2.75, 3.05) is 40.3 Å². The van der Waals surface area contributed by atoms with Gasteiger partial charge in [0.2, 0.25) is 5.91 Å². The minimum atomic E-state index is 0.229. The summed E-state index contributed by atoms with van der Waals surface area (Å²) in [6.07, 6.45) is 3.33. The lowest BCUT2D eigenvalue weighted by molar-refractivity contribution is -0.131. The average Bonchev–Trinajstić information content (AvgIpc) is 3.26. The molecule has 0 unspecified atom stereocenters. The molecule has 1 aliphatic rings. The van der Waals surface area contributed by atoms with E-state index in [0.717, 1.165) is 56.9 Å². The summed E-state index contributed by atoms with van der Waals surface area (Å²) in [7, 11) is 3.79. The molecule has 1 amide bonds. The van der Waals surface area contributed by atoms with Gasteiger partial charge in [0.1, 0.15) is 5.75 Å². The van der Waals surface area contributed by atoms with Crippen LogP contribution in [0.25, 0.3) is 16.9 Å². The fourth-order valence-electron chi connectivity index (χ4n) is 4.86. The number of ether oxygens (including phenoxy) is 1. The molecule has 0 fully saturated rings. The van der Waals surface area contributed by atoms with E-state index < -0.39 is 0 Å². The molecule has 0 saturated carbocycles. The number of aryl methyl sites for hydroxylation is 3. The molecule has 5 heteroatoms. The number of aromatic nitrogens is 1. The number of benzene rings is 2. The number of nitrogens with zero attached hydrogens (tertiary/aromatic N) is 3. The van der Waals surface area contributed by atoms with Gasteiger partial charge in [-0.05, 0) is 81.2 Å². The third-order valence-corrected chi connectivity index (χ3v) is 7.04. The maximum absolute atomic E-state index is 13.1. The molecule has 2 aromatic carbocycles. The first-order chi connectivity index (χ1) is 16.5. The van der Waals surface area contributed by atoms with E-state index in [-0.39, 0.29) is 5.91 Å². The molecular formula is C29H37N3O2. The highest BCUT2D eigenvalue weighted by Gasteiger charge is 2.24. The molecule has 4 rings (SSSR count). The van der Waals surface area contributed by atoms with E-state index in [1.165, 1.54) is 28.1 Å². The van der Waals surface area contributed by atoms with Crippen LogP contribution in [0.15, 0.2) is 54.6 Å². The number of carbonyl (C=O) groups is 1. The molecule has 0 radical (unpaired) electrons. The van der Waals surface area contributed by atoms with Crippen LogP contribution < -0.4 is 4.74 Å². The number of methoxy groups -OCH3 is 1. The van der Waals surface area contributed by atoms with Crippen LogP contribution >= 0.6 is 0 Å². The molecule has 0 atom stereocenters. The summed E-state index contributed by atoms with van der Waals surface area (Å²) in [5.41, 5.74) is 7.64. The van der Waals surface area contributed by atoms with E-state index in [1.54, 1.807) is 7.11 Å². The summed E-state index contributed by atoms with van der Waals surface area (Å²) in [6, 6.07) is 19.3. The zero-order valence-corrected chi connectivity index (χ0v) is 21.0. The Hall–Kier alpha value is -3.05. The number of amides is 1. The summed E-state index contributed by atoms with van der Waals surface area (Å²) in [5.74, 6) is 1.07. The van der Waals surface area contributed by atoms with Crippen molar-refractivity contribution in [2.24, 2.45) is 0 Å². The highest BCUT2D eigenvalue weighted by molar-refractivity contribution is 5.77. The number of rotatable bonds is 10. The third-order valence-electron chi connectivity index (χ3n) is 7.04. The van der Waals surface area contributed by atoms with Crippen molar-refractivity contribution in [1.82, 2.24) is 14.4 Å². The summed E-state index contributed by atoms with van der Waals surface area (Å²) in [5, 5.41) is 0. The van der Waals surface area contributed by atoms with Crippen molar-refractivity contribution in [3.63, 3.8) is 0 Å². The Morgan fingerprint density at radius 2 is 1.71 bits per heavy atom. The largest absolute Gasteiger partial charge is 0.497 e. The molecular weight excluding hydrogens is 422 g/mol. The summed E-state index contributed by atoms with van der Waals surface area (Å²) >= 11 is 0. The Kier molecular flexibility index (Phi) is 7.73. The van der Waals surface area contributed by atoms with Crippen molar-refractivity contribution in [2.45, 2.75) is 39.5 Å². The average molecular weight is 460 g/mol. The van der Waals surface area contributed by atoms with Gasteiger partial charge < -0.3 is 19.1 Å². The monoisotopic (exact) mass is 459 g/mol. The van der Waals surface area contributed by atoms with Gasteiger partial charge in [0.25, 0.3) is 0 Å². The topological polar surface area (TPSA) is 37.7 Å². The number of carbonyl (C=O) groups excluding carboxylic acids is 1. The number of hydrogen-bond donors (Lipinski definition) is 0. The molecule has 5 nitrogen and oxygen atoms in total. The van der Waals surface area contributed by atoms with Gasteiger partial charge in [-0.15, -0.1) is 0 Å². The molecule has 0 spiro atoms. The van der Waals surface area contributed by atoms with E-state index in [9.17, 15) is 4.79 Å². The Bertz CT molecular complexity index is 1120. The summed E-state index contributed by atoms with van der Waals surface area (Å²) in [6.45, 7) is 7.64. The van der Waals surface area contributed by atoms with Crippen LogP contribution in [0.1, 0.15) is 37.1 Å². The second-order valence-electron chi connectivity index (χ2n) is 9.07. The molecule has 0 saturated heterocycles. The predicted molar refractivity (Wildman–Crippen MR) is 139 cm³/mol. The molecule has 0 N–H and O–H groups in total. The van der Waals surface area contributed by atoms with Gasteiger partial charge in [-0.3, -0.25) is 4.79 Å². The van der Waals surface area contributed by atoms with Crippen molar-refractivity contribution in [3.05, 3.63) is 71.4 Å². The van der Waals surface area contributed by atoms with Crippen molar-refractivity contribution in [3.8, 4) is 22.7 Å². The van der Waals surface area contributed by atoms with Crippen molar-refractivity contribution in [1.29, 1.82) is 0 Å². The first-order valence-corrected chi connectivity index (χ1v) is 12.5. The lowest BCUT2D eigenvalue weighted by Crippen LogP contribution is -2.37. The van der Waals surface area contributed by atoms with Crippen LogP contribution in [0.3, 0.4) is 0 Å². The first kappa shape index (κ1) is 24.1. The molecule has 1 heterocycles. The number of fused-ring (bicyclic) bond motifs is 3. The van der Waals surface area contributed by atoms with Gasteiger partial charge in [0.15, 0.2) is 0 Å². The number of likely N-dealkylation sites (N-methyl/N-ethyl adjacent to an activating group) is 2. The third kappa shape index (κ3) is 5.05. The van der Waals surface area contributed by atoms with Crippen LogP contribution in [-0.4, -0.2) is 60.6 Å². The van der Waals surface area contributed by atoms with Gasteiger partial charge in [-0.25, -0.2) is 0 Å². The molecule has 3 aromatic rings. The minimum absolute atomic E-state index is 0.229. The van der Waals surface area contributed by atoms with Crippen LogP contribution in [0.4, 0.5) is 0 Å². The summed E-state index contributed by atoms with van der Waals surface area (Å²) < 4.78 is 7.75. The SMILES string of the molecule is CCN(C)CCN(CC)C(=O)CCc1cc2c(n1-c1ccc(OC)cc1)-c1ccccc1CC2. The molecule has 0 bridgehead atoms. The molecule has 0 aliphatic heterocycles. The molecule has 1 aliphatic carbocycles. The van der Waals surface area contributed by atoms with E-state index in [4.69, 9.17) is 4.74 Å². The van der Waals surface area contributed by atoms with Gasteiger partial charge in [0.05, 0.1) is 12.8 Å². The second kappa shape index (κ2) is 10.9. The van der Waals surface area contributed by atoms with Crippen molar-refractivity contribution < 1.29 is 9.53 Å². The van der Waals surface area contributed by atoms with E-state index in [1.807, 2.05) is 17.0 Å². The van der Waals surface area contributed by atoms with E-state index in [2.05, 4.69) is 72.8 Å². The maximum atomic E-state index is 13.1. The minimum Gasteiger partial charge on any atom is -0.497 e.